The fraction of sp³-hybridized carbons (Fsp3) is 0.429. The minimum Gasteiger partial charge on any atom is -0.372 e. The maximum atomic E-state index is 12.5. The van der Waals surface area contributed by atoms with Crippen LogP contribution in [-0.4, -0.2) is 27.9 Å². The molecule has 0 radical (unpaired) electrons. The zero-order chi connectivity index (χ0) is 18.7. The SMILES string of the molecule is CCCc1nn(C)c2c(=O)[nH]c(Cc3ccc(N(CC)CC)cc3)cc12. The fourth-order valence-corrected chi connectivity index (χ4v) is 3.58. The smallest absolute Gasteiger partial charge is 0.274 e. The number of nitrogens with zero attached hydrogens (tertiary/aromatic N) is 3. The fourth-order valence-electron chi connectivity index (χ4n) is 3.58. The summed E-state index contributed by atoms with van der Waals surface area (Å²) in [5.74, 6) is 0. The first kappa shape index (κ1) is 18.2. The Bertz CT molecular complexity index is 933. The molecule has 1 aromatic carbocycles. The number of pyridine rings is 1. The molecule has 0 atom stereocenters. The number of hydrogen-bond acceptors (Lipinski definition) is 3. The summed E-state index contributed by atoms with van der Waals surface area (Å²) in [4.78, 5) is 17.9. The van der Waals surface area contributed by atoms with E-state index in [-0.39, 0.29) is 5.56 Å². The molecule has 5 nitrogen and oxygen atoms in total. The lowest BCUT2D eigenvalue weighted by Gasteiger charge is -2.21. The number of aromatic nitrogens is 3. The van der Waals surface area contributed by atoms with Crippen molar-refractivity contribution in [1.82, 2.24) is 14.8 Å². The van der Waals surface area contributed by atoms with E-state index < -0.39 is 0 Å². The van der Waals surface area contributed by atoms with Crippen LogP contribution >= 0.6 is 0 Å². The third-order valence-corrected chi connectivity index (χ3v) is 4.91. The Labute approximate surface area is 154 Å². The van der Waals surface area contributed by atoms with Gasteiger partial charge < -0.3 is 9.88 Å². The van der Waals surface area contributed by atoms with Gasteiger partial charge in [0.2, 0.25) is 0 Å². The molecule has 0 unspecified atom stereocenters. The van der Waals surface area contributed by atoms with Crippen molar-refractivity contribution in [2.24, 2.45) is 7.05 Å². The molecule has 0 fully saturated rings. The standard InChI is InChI=1S/C21H28N4O/c1-5-8-19-18-14-16(22-21(26)20(18)24(4)23-19)13-15-9-11-17(12-10-15)25(6-2)7-3/h9-12,14H,5-8,13H2,1-4H3,(H,22,26). The molecule has 3 aromatic rings. The van der Waals surface area contributed by atoms with Crippen LogP contribution in [-0.2, 0) is 19.9 Å². The van der Waals surface area contributed by atoms with Crippen molar-refractivity contribution in [1.29, 1.82) is 0 Å². The van der Waals surface area contributed by atoms with E-state index in [9.17, 15) is 4.79 Å². The quantitative estimate of drug-likeness (QED) is 0.706. The maximum absolute atomic E-state index is 12.5. The summed E-state index contributed by atoms with van der Waals surface area (Å²) in [6.45, 7) is 8.46. The van der Waals surface area contributed by atoms with Crippen LogP contribution in [0.3, 0.4) is 0 Å². The number of anilines is 1. The van der Waals surface area contributed by atoms with Crippen molar-refractivity contribution in [3.8, 4) is 0 Å². The lowest BCUT2D eigenvalue weighted by Crippen LogP contribution is -2.21. The Morgan fingerprint density at radius 3 is 2.42 bits per heavy atom. The van der Waals surface area contributed by atoms with Crippen LogP contribution in [0.5, 0.6) is 0 Å². The van der Waals surface area contributed by atoms with Gasteiger partial charge >= 0.3 is 0 Å². The maximum Gasteiger partial charge on any atom is 0.274 e. The molecule has 0 saturated heterocycles. The Morgan fingerprint density at radius 1 is 1.12 bits per heavy atom. The first-order chi connectivity index (χ1) is 12.6. The molecule has 0 aliphatic carbocycles. The summed E-state index contributed by atoms with van der Waals surface area (Å²) >= 11 is 0. The number of H-pyrrole nitrogens is 1. The van der Waals surface area contributed by atoms with E-state index in [2.05, 4.69) is 66.1 Å². The van der Waals surface area contributed by atoms with Crippen LogP contribution in [0.2, 0.25) is 0 Å². The summed E-state index contributed by atoms with van der Waals surface area (Å²) in [5.41, 5.74) is 4.97. The van der Waals surface area contributed by atoms with E-state index in [1.165, 1.54) is 11.3 Å². The second-order valence-electron chi connectivity index (χ2n) is 6.72. The van der Waals surface area contributed by atoms with Gasteiger partial charge in [0.1, 0.15) is 5.52 Å². The summed E-state index contributed by atoms with van der Waals surface area (Å²) in [5, 5.41) is 5.51. The Balaban J connectivity index is 1.91. The zero-order valence-corrected chi connectivity index (χ0v) is 16.2. The van der Waals surface area contributed by atoms with Gasteiger partial charge in [0.25, 0.3) is 5.56 Å². The molecular weight excluding hydrogens is 324 g/mol. The van der Waals surface area contributed by atoms with Crippen molar-refractivity contribution in [2.45, 2.75) is 40.0 Å². The molecule has 2 heterocycles. The van der Waals surface area contributed by atoms with E-state index in [0.717, 1.165) is 42.7 Å². The number of fused-ring (bicyclic) bond motifs is 1. The summed E-state index contributed by atoms with van der Waals surface area (Å²) < 4.78 is 1.70. The van der Waals surface area contributed by atoms with Gasteiger partial charge in [-0.25, -0.2) is 0 Å². The van der Waals surface area contributed by atoms with Crippen molar-refractivity contribution in [3.05, 3.63) is 57.6 Å². The molecule has 5 heteroatoms. The van der Waals surface area contributed by atoms with Crippen LogP contribution < -0.4 is 10.5 Å². The molecule has 0 aliphatic heterocycles. The van der Waals surface area contributed by atoms with Crippen molar-refractivity contribution in [2.75, 3.05) is 18.0 Å². The van der Waals surface area contributed by atoms with Crippen LogP contribution in [0.25, 0.3) is 10.9 Å². The summed E-state index contributed by atoms with van der Waals surface area (Å²) in [6.07, 6.45) is 2.62. The van der Waals surface area contributed by atoms with Crippen LogP contribution in [0.15, 0.2) is 35.1 Å². The van der Waals surface area contributed by atoms with Crippen molar-refractivity contribution < 1.29 is 0 Å². The zero-order valence-electron chi connectivity index (χ0n) is 16.2. The molecule has 0 aliphatic rings. The number of benzene rings is 1. The monoisotopic (exact) mass is 352 g/mol. The Kier molecular flexibility index (Phi) is 5.45. The predicted molar refractivity (Wildman–Crippen MR) is 108 cm³/mol. The van der Waals surface area contributed by atoms with Crippen LogP contribution in [0.4, 0.5) is 5.69 Å². The first-order valence-corrected chi connectivity index (χ1v) is 9.49. The molecule has 2 aromatic heterocycles. The van der Waals surface area contributed by atoms with Crippen molar-refractivity contribution in [3.63, 3.8) is 0 Å². The Hall–Kier alpha value is -2.56. The van der Waals surface area contributed by atoms with Gasteiger partial charge in [-0.05, 0) is 44.0 Å². The van der Waals surface area contributed by atoms with E-state index in [0.29, 0.717) is 11.9 Å². The number of hydrogen-bond donors (Lipinski definition) is 1. The number of nitrogens with one attached hydrogen (secondary N) is 1. The first-order valence-electron chi connectivity index (χ1n) is 9.49. The highest BCUT2D eigenvalue weighted by molar-refractivity contribution is 5.81. The van der Waals surface area contributed by atoms with Gasteiger partial charge in [-0.15, -0.1) is 0 Å². The summed E-state index contributed by atoms with van der Waals surface area (Å²) in [6, 6.07) is 10.7. The Morgan fingerprint density at radius 2 is 1.81 bits per heavy atom. The van der Waals surface area contributed by atoms with E-state index in [4.69, 9.17) is 0 Å². The minimum absolute atomic E-state index is 0.0605. The molecule has 138 valence electrons. The topological polar surface area (TPSA) is 53.9 Å². The minimum atomic E-state index is -0.0605. The second-order valence-corrected chi connectivity index (χ2v) is 6.72. The number of aryl methyl sites for hydroxylation is 2. The van der Waals surface area contributed by atoms with Gasteiger partial charge in [-0.2, -0.15) is 5.10 Å². The second kappa shape index (κ2) is 7.77. The van der Waals surface area contributed by atoms with Gasteiger partial charge in [0.05, 0.1) is 5.69 Å². The summed E-state index contributed by atoms with van der Waals surface area (Å²) in [7, 11) is 1.84. The molecule has 0 bridgehead atoms. The third-order valence-electron chi connectivity index (χ3n) is 4.91. The van der Waals surface area contributed by atoms with E-state index in [1.54, 1.807) is 4.68 Å². The average Bonchev–Trinajstić information content (AvgIpc) is 2.94. The number of aromatic amines is 1. The molecule has 1 N–H and O–H groups in total. The molecular formula is C21H28N4O. The largest absolute Gasteiger partial charge is 0.372 e. The number of rotatable bonds is 7. The van der Waals surface area contributed by atoms with Gasteiger partial charge in [0.15, 0.2) is 0 Å². The highest BCUT2D eigenvalue weighted by Gasteiger charge is 2.13. The molecule has 3 rings (SSSR count). The van der Waals surface area contributed by atoms with Gasteiger partial charge in [0, 0.05) is 43.3 Å². The lowest BCUT2D eigenvalue weighted by molar-refractivity contribution is 0.750. The van der Waals surface area contributed by atoms with Crippen LogP contribution in [0, 0.1) is 0 Å². The van der Waals surface area contributed by atoms with Gasteiger partial charge in [-0.3, -0.25) is 9.48 Å². The normalized spacial score (nSPS) is 11.2. The van der Waals surface area contributed by atoms with Crippen molar-refractivity contribution >= 4 is 16.6 Å². The molecule has 0 saturated carbocycles. The van der Waals surface area contributed by atoms with Crippen LogP contribution in [0.1, 0.15) is 44.1 Å². The molecule has 0 spiro atoms. The third kappa shape index (κ3) is 3.52. The van der Waals surface area contributed by atoms with E-state index >= 15 is 0 Å². The highest BCUT2D eigenvalue weighted by atomic mass is 16.1. The predicted octanol–water partition coefficient (Wildman–Crippen LogP) is 3.65. The lowest BCUT2D eigenvalue weighted by atomic mass is 10.1. The molecule has 26 heavy (non-hydrogen) atoms. The van der Waals surface area contributed by atoms with E-state index in [1.807, 2.05) is 7.05 Å². The average molecular weight is 352 g/mol. The van der Waals surface area contributed by atoms with Gasteiger partial charge in [-0.1, -0.05) is 25.5 Å². The highest BCUT2D eigenvalue weighted by Crippen LogP contribution is 2.20. The molecule has 0 amide bonds.